The number of allylic oxidation sites excluding steroid dienone is 1. The maximum atomic E-state index is 15.1. The molecule has 0 unspecified atom stereocenters. The molecule has 3 aromatic carbocycles. The third kappa shape index (κ3) is 3.78. The van der Waals surface area contributed by atoms with E-state index in [-0.39, 0.29) is 11.6 Å². The quantitative estimate of drug-likeness (QED) is 0.343. The Bertz CT molecular complexity index is 1330. The van der Waals surface area contributed by atoms with Crippen LogP contribution in [0.2, 0.25) is 0 Å². The average molecular weight is 427 g/mol. The zero-order valence-electron chi connectivity index (χ0n) is 17.9. The fourth-order valence-corrected chi connectivity index (χ4v) is 3.94. The van der Waals surface area contributed by atoms with Gasteiger partial charge in [-0.05, 0) is 42.7 Å². The molecule has 0 fully saturated rings. The van der Waals surface area contributed by atoms with Crippen LogP contribution in [0.1, 0.15) is 23.6 Å². The van der Waals surface area contributed by atoms with Crippen molar-refractivity contribution in [1.29, 1.82) is 0 Å². The number of benzene rings is 3. The topological polar surface area (TPSA) is 40.6 Å². The van der Waals surface area contributed by atoms with Crippen molar-refractivity contribution in [3.8, 4) is 23.0 Å². The maximum Gasteiger partial charge on any atom is 0.173 e. The maximum absolute atomic E-state index is 15.1. The molecular weight excluding hydrogens is 405 g/mol. The van der Waals surface area contributed by atoms with Gasteiger partial charge < -0.3 is 14.2 Å². The Morgan fingerprint density at radius 2 is 1.78 bits per heavy atom. The highest BCUT2D eigenvalue weighted by Gasteiger charge is 2.19. The van der Waals surface area contributed by atoms with Crippen LogP contribution in [0.25, 0.3) is 17.0 Å². The summed E-state index contributed by atoms with van der Waals surface area (Å²) >= 11 is 0. The van der Waals surface area contributed by atoms with Gasteiger partial charge in [0.25, 0.3) is 0 Å². The molecule has 4 nitrogen and oxygen atoms in total. The second-order valence-electron chi connectivity index (χ2n) is 7.82. The first-order valence-electron chi connectivity index (χ1n) is 10.4. The number of hydrogen-bond donors (Lipinski definition) is 0. The first kappa shape index (κ1) is 20.1. The molecule has 0 spiro atoms. The SMILES string of the molecule is COc1cc2c(Oc3ccc4c(c3F)C=C(C)C4)ccnc2cc1OCc1ccccc1. The van der Waals surface area contributed by atoms with Crippen LogP contribution in [0, 0.1) is 5.82 Å². The molecule has 0 atom stereocenters. The van der Waals surface area contributed by atoms with E-state index in [1.165, 1.54) is 0 Å². The third-order valence-electron chi connectivity index (χ3n) is 5.54. The predicted molar refractivity (Wildman–Crippen MR) is 123 cm³/mol. The Morgan fingerprint density at radius 3 is 2.59 bits per heavy atom. The van der Waals surface area contributed by atoms with Crippen LogP contribution >= 0.6 is 0 Å². The molecule has 32 heavy (non-hydrogen) atoms. The van der Waals surface area contributed by atoms with E-state index in [4.69, 9.17) is 14.2 Å². The Hall–Kier alpha value is -3.86. The van der Waals surface area contributed by atoms with Gasteiger partial charge >= 0.3 is 0 Å². The molecule has 1 aliphatic rings. The number of pyridine rings is 1. The van der Waals surface area contributed by atoms with Gasteiger partial charge in [0.1, 0.15) is 12.4 Å². The number of ether oxygens (including phenoxy) is 3. The van der Waals surface area contributed by atoms with Gasteiger partial charge in [-0.1, -0.05) is 48.0 Å². The zero-order valence-corrected chi connectivity index (χ0v) is 17.9. The van der Waals surface area contributed by atoms with Crippen LogP contribution in [-0.4, -0.2) is 12.1 Å². The van der Waals surface area contributed by atoms with Crippen molar-refractivity contribution in [1.82, 2.24) is 4.98 Å². The molecule has 4 aromatic rings. The Labute approximate surface area is 185 Å². The van der Waals surface area contributed by atoms with Gasteiger partial charge in [-0.2, -0.15) is 0 Å². The minimum atomic E-state index is -0.348. The van der Waals surface area contributed by atoms with Crippen LogP contribution in [0.3, 0.4) is 0 Å². The van der Waals surface area contributed by atoms with Crippen LogP contribution in [-0.2, 0) is 13.0 Å². The van der Waals surface area contributed by atoms with Crippen LogP contribution < -0.4 is 14.2 Å². The van der Waals surface area contributed by atoms with Crippen LogP contribution in [0.4, 0.5) is 4.39 Å². The summed E-state index contributed by atoms with van der Waals surface area (Å²) in [5.74, 6) is 1.47. The highest BCUT2D eigenvalue weighted by Crippen LogP contribution is 2.39. The van der Waals surface area contributed by atoms with Gasteiger partial charge in [0.2, 0.25) is 0 Å². The van der Waals surface area contributed by atoms with Crippen molar-refractivity contribution < 1.29 is 18.6 Å². The van der Waals surface area contributed by atoms with Crippen LogP contribution in [0.15, 0.2) is 72.4 Å². The van der Waals surface area contributed by atoms with Crippen molar-refractivity contribution in [3.63, 3.8) is 0 Å². The van der Waals surface area contributed by atoms with E-state index >= 15 is 4.39 Å². The minimum absolute atomic E-state index is 0.186. The summed E-state index contributed by atoms with van der Waals surface area (Å²) in [4.78, 5) is 4.45. The summed E-state index contributed by atoms with van der Waals surface area (Å²) in [6.45, 7) is 2.41. The number of hydrogen-bond acceptors (Lipinski definition) is 4. The van der Waals surface area contributed by atoms with E-state index in [1.54, 1.807) is 25.4 Å². The summed E-state index contributed by atoms with van der Waals surface area (Å²) in [6.07, 6.45) is 4.29. The molecule has 0 saturated heterocycles. The van der Waals surface area contributed by atoms with E-state index in [2.05, 4.69) is 4.98 Å². The summed E-state index contributed by atoms with van der Waals surface area (Å²) in [5, 5.41) is 0.711. The standard InChI is InChI=1S/C27H22FNO3/c1-17-12-19-8-9-24(27(28)20(19)13-17)32-23-10-11-29-22-15-26(25(30-2)14-21(22)23)31-16-18-6-4-3-5-7-18/h3-11,13-15H,12,16H2,1-2H3. The van der Waals surface area contributed by atoms with E-state index in [0.717, 1.165) is 23.1 Å². The molecule has 5 heteroatoms. The molecule has 1 heterocycles. The van der Waals surface area contributed by atoms with Crippen molar-refractivity contribution >= 4 is 17.0 Å². The van der Waals surface area contributed by atoms with E-state index in [1.807, 2.05) is 61.5 Å². The Kier molecular flexibility index (Phi) is 5.23. The Morgan fingerprint density at radius 1 is 0.938 bits per heavy atom. The normalized spacial score (nSPS) is 12.4. The molecule has 0 amide bonds. The van der Waals surface area contributed by atoms with Gasteiger partial charge in [0, 0.05) is 23.2 Å². The van der Waals surface area contributed by atoms with Gasteiger partial charge in [0.05, 0.1) is 12.6 Å². The lowest BCUT2D eigenvalue weighted by atomic mass is 10.1. The van der Waals surface area contributed by atoms with Gasteiger partial charge in [0.15, 0.2) is 23.1 Å². The number of fused-ring (bicyclic) bond motifs is 2. The molecule has 160 valence electrons. The van der Waals surface area contributed by atoms with E-state index in [9.17, 15) is 0 Å². The number of halogens is 1. The van der Waals surface area contributed by atoms with Crippen molar-refractivity contribution in [3.05, 3.63) is 94.9 Å². The molecule has 5 rings (SSSR count). The highest BCUT2D eigenvalue weighted by atomic mass is 19.1. The van der Waals surface area contributed by atoms with Crippen molar-refractivity contribution in [2.24, 2.45) is 0 Å². The molecular formula is C27H22FNO3. The molecule has 0 N–H and O–H groups in total. The fourth-order valence-electron chi connectivity index (χ4n) is 3.94. The molecule has 1 aliphatic carbocycles. The lowest BCUT2D eigenvalue weighted by molar-refractivity contribution is 0.285. The van der Waals surface area contributed by atoms with Crippen LogP contribution in [0.5, 0.6) is 23.0 Å². The monoisotopic (exact) mass is 427 g/mol. The zero-order chi connectivity index (χ0) is 22.1. The molecule has 0 radical (unpaired) electrons. The summed E-state index contributed by atoms with van der Waals surface area (Å²) in [7, 11) is 1.59. The first-order chi connectivity index (χ1) is 15.6. The minimum Gasteiger partial charge on any atom is -0.493 e. The van der Waals surface area contributed by atoms with Gasteiger partial charge in [-0.3, -0.25) is 4.98 Å². The number of methoxy groups -OCH3 is 1. The highest BCUT2D eigenvalue weighted by molar-refractivity contribution is 5.88. The smallest absolute Gasteiger partial charge is 0.173 e. The summed E-state index contributed by atoms with van der Waals surface area (Å²) < 4.78 is 32.6. The fraction of sp³-hybridized carbons (Fsp3) is 0.148. The van der Waals surface area contributed by atoms with E-state index in [0.29, 0.717) is 40.3 Å². The number of nitrogens with zero attached hydrogens (tertiary/aromatic N) is 1. The number of aromatic nitrogens is 1. The second-order valence-corrected chi connectivity index (χ2v) is 7.82. The molecule has 1 aromatic heterocycles. The Balaban J connectivity index is 1.48. The van der Waals surface area contributed by atoms with Gasteiger partial charge in [-0.15, -0.1) is 0 Å². The lowest BCUT2D eigenvalue weighted by Gasteiger charge is -2.15. The largest absolute Gasteiger partial charge is 0.493 e. The first-order valence-corrected chi connectivity index (χ1v) is 10.4. The van der Waals surface area contributed by atoms with Crippen molar-refractivity contribution in [2.45, 2.75) is 20.0 Å². The van der Waals surface area contributed by atoms with Crippen molar-refractivity contribution in [2.75, 3.05) is 7.11 Å². The summed E-state index contributed by atoms with van der Waals surface area (Å²) in [6, 6.07) is 18.9. The van der Waals surface area contributed by atoms with Gasteiger partial charge in [-0.25, -0.2) is 4.39 Å². The number of rotatable bonds is 6. The summed E-state index contributed by atoms with van der Waals surface area (Å²) in [5.41, 5.74) is 4.44. The second kappa shape index (κ2) is 8.35. The molecule has 0 bridgehead atoms. The lowest BCUT2D eigenvalue weighted by Crippen LogP contribution is -1.99. The predicted octanol–water partition coefficient (Wildman–Crippen LogP) is 6.71. The molecule has 0 saturated carbocycles. The average Bonchev–Trinajstić information content (AvgIpc) is 3.21. The van der Waals surface area contributed by atoms with E-state index < -0.39 is 0 Å². The third-order valence-corrected chi connectivity index (χ3v) is 5.54. The molecule has 0 aliphatic heterocycles.